The largest absolute Gasteiger partial charge is 0.494 e. The van der Waals surface area contributed by atoms with Crippen LogP contribution in [0.25, 0.3) is 0 Å². The molecule has 0 N–H and O–H groups in total. The van der Waals surface area contributed by atoms with Crippen molar-refractivity contribution in [1.29, 1.82) is 0 Å². The molecule has 0 aliphatic carbocycles. The maximum absolute atomic E-state index is 12.8. The molecule has 2 aromatic carbocycles. The topological polar surface area (TPSA) is 100 Å². The summed E-state index contributed by atoms with van der Waals surface area (Å²) in [7, 11) is 0. The van der Waals surface area contributed by atoms with E-state index >= 15 is 0 Å². The quantitative estimate of drug-likeness (QED) is 0.115. The van der Waals surface area contributed by atoms with Gasteiger partial charge in [0.1, 0.15) is 19.0 Å². The monoisotopic (exact) mass is 684 g/mol. The maximum atomic E-state index is 12.8. The molecule has 2 aromatic rings. The second-order valence-electron chi connectivity index (χ2n) is 11.6. The van der Waals surface area contributed by atoms with E-state index in [0.717, 1.165) is 43.6 Å². The van der Waals surface area contributed by atoms with Gasteiger partial charge in [-0.1, -0.05) is 57.3 Å². The number of ether oxygens (including phenoxy) is 9. The predicted molar refractivity (Wildman–Crippen MR) is 188 cm³/mol. The maximum Gasteiger partial charge on any atom is 0.338 e. The van der Waals surface area contributed by atoms with Crippen molar-refractivity contribution in [1.82, 2.24) is 0 Å². The van der Waals surface area contributed by atoms with Crippen LogP contribution in [0.15, 0.2) is 42.5 Å². The molecule has 1 aliphatic rings. The van der Waals surface area contributed by atoms with E-state index < -0.39 is 0 Å². The highest BCUT2D eigenvalue weighted by Gasteiger charge is 2.13. The molecule has 1 aliphatic heterocycles. The zero-order valence-electron chi connectivity index (χ0n) is 29.2. The van der Waals surface area contributed by atoms with E-state index in [0.29, 0.717) is 103 Å². The lowest BCUT2D eigenvalue weighted by Crippen LogP contribution is -2.14. The van der Waals surface area contributed by atoms with E-state index in [1.807, 2.05) is 24.3 Å². The first kappa shape index (κ1) is 40.1. The van der Waals surface area contributed by atoms with Crippen LogP contribution >= 0.6 is 0 Å². The van der Waals surface area contributed by atoms with E-state index in [-0.39, 0.29) is 5.97 Å². The van der Waals surface area contributed by atoms with Crippen LogP contribution in [0.2, 0.25) is 0 Å². The number of hydrogen-bond acceptors (Lipinski definition) is 10. The lowest BCUT2D eigenvalue weighted by Gasteiger charge is -2.14. The fraction of sp³-hybridized carbons (Fsp3) is 0.615. The Morgan fingerprint density at radius 3 is 1.51 bits per heavy atom. The summed E-state index contributed by atoms with van der Waals surface area (Å²) in [4.78, 5) is 12.8. The minimum Gasteiger partial charge on any atom is -0.494 e. The van der Waals surface area contributed by atoms with Crippen molar-refractivity contribution >= 4 is 5.97 Å². The fourth-order valence-electron chi connectivity index (χ4n) is 4.97. The van der Waals surface area contributed by atoms with Crippen LogP contribution in [0.4, 0.5) is 0 Å². The molecule has 272 valence electrons. The first-order chi connectivity index (χ1) is 24.3. The molecule has 3 rings (SSSR count). The smallest absolute Gasteiger partial charge is 0.338 e. The average Bonchev–Trinajstić information content (AvgIpc) is 3.12. The van der Waals surface area contributed by atoms with Crippen molar-refractivity contribution in [3.05, 3.63) is 53.6 Å². The Balaban J connectivity index is 1.25. The Labute approximate surface area is 293 Å². The van der Waals surface area contributed by atoms with Crippen LogP contribution in [0, 0.1) is 12.3 Å². The molecule has 0 radical (unpaired) electrons. The SMILES string of the molecule is C#Cc1ccc(OCCCCCCCCCCCCOC(=O)c2ccc3c(c2)OCCOCCOCCOCCOCCOCCO3)cc1. The van der Waals surface area contributed by atoms with Gasteiger partial charge in [0, 0.05) is 5.56 Å². The zero-order chi connectivity index (χ0) is 34.5. The van der Waals surface area contributed by atoms with Gasteiger partial charge < -0.3 is 42.6 Å². The van der Waals surface area contributed by atoms with Crippen LogP contribution in [0.5, 0.6) is 17.2 Å². The number of carbonyl (C=O) groups is 1. The van der Waals surface area contributed by atoms with Crippen LogP contribution in [-0.2, 0) is 28.4 Å². The Kier molecular flexibility index (Phi) is 22.5. The molecule has 0 bridgehead atoms. The Hall–Kier alpha value is -3.33. The summed E-state index contributed by atoms with van der Waals surface area (Å²) in [6, 6.07) is 12.8. The first-order valence-corrected chi connectivity index (χ1v) is 17.9. The molecular weight excluding hydrogens is 628 g/mol. The normalized spacial score (nSPS) is 15.7. The van der Waals surface area contributed by atoms with E-state index in [9.17, 15) is 4.79 Å². The van der Waals surface area contributed by atoms with E-state index in [4.69, 9.17) is 49.1 Å². The summed E-state index contributed by atoms with van der Waals surface area (Å²) < 4.78 is 50.8. The highest BCUT2D eigenvalue weighted by Crippen LogP contribution is 2.29. The zero-order valence-corrected chi connectivity index (χ0v) is 29.2. The molecule has 0 aromatic heterocycles. The average molecular weight is 685 g/mol. The second-order valence-corrected chi connectivity index (χ2v) is 11.6. The third kappa shape index (κ3) is 19.4. The van der Waals surface area contributed by atoms with Gasteiger partial charge >= 0.3 is 5.97 Å². The number of fused-ring (bicyclic) bond motifs is 1. The highest BCUT2D eigenvalue weighted by atomic mass is 16.6. The van der Waals surface area contributed by atoms with Crippen molar-refractivity contribution in [2.45, 2.75) is 64.2 Å². The Morgan fingerprint density at radius 2 is 1.00 bits per heavy atom. The number of terminal acetylenes is 1. The van der Waals surface area contributed by atoms with Gasteiger partial charge in [0.2, 0.25) is 0 Å². The third-order valence-electron chi connectivity index (χ3n) is 7.70. The molecule has 0 spiro atoms. The molecule has 1 heterocycles. The third-order valence-corrected chi connectivity index (χ3v) is 7.70. The van der Waals surface area contributed by atoms with Crippen LogP contribution < -0.4 is 14.2 Å². The lowest BCUT2D eigenvalue weighted by molar-refractivity contribution is -0.0134. The second kappa shape index (κ2) is 27.5. The van der Waals surface area contributed by atoms with E-state index in [1.165, 1.54) is 38.5 Å². The van der Waals surface area contributed by atoms with Gasteiger partial charge in [-0.2, -0.15) is 0 Å². The van der Waals surface area contributed by atoms with Crippen molar-refractivity contribution in [3.63, 3.8) is 0 Å². The molecular formula is C39H56O10. The molecule has 10 heteroatoms. The molecule has 0 saturated heterocycles. The molecule has 0 unspecified atom stereocenters. The van der Waals surface area contributed by atoms with Gasteiger partial charge in [-0.3, -0.25) is 0 Å². The van der Waals surface area contributed by atoms with E-state index in [1.54, 1.807) is 18.2 Å². The number of benzene rings is 2. The van der Waals surface area contributed by atoms with Crippen LogP contribution in [-0.4, -0.2) is 98.5 Å². The van der Waals surface area contributed by atoms with Gasteiger partial charge in [-0.05, 0) is 55.3 Å². The molecule has 0 amide bonds. The number of rotatable bonds is 15. The number of hydrogen-bond donors (Lipinski definition) is 0. The molecule has 0 saturated carbocycles. The van der Waals surface area contributed by atoms with Gasteiger partial charge in [-0.15, -0.1) is 6.42 Å². The molecule has 0 fully saturated rings. The summed E-state index contributed by atoms with van der Waals surface area (Å²) in [5, 5.41) is 0. The molecule has 49 heavy (non-hydrogen) atoms. The highest BCUT2D eigenvalue weighted by molar-refractivity contribution is 5.90. The molecule has 0 atom stereocenters. The predicted octanol–water partition coefficient (Wildman–Crippen LogP) is 6.66. The number of carbonyl (C=O) groups excluding carboxylic acids is 1. The van der Waals surface area contributed by atoms with Crippen LogP contribution in [0.1, 0.15) is 80.1 Å². The van der Waals surface area contributed by atoms with E-state index in [2.05, 4.69) is 5.92 Å². The Morgan fingerprint density at radius 1 is 0.551 bits per heavy atom. The summed E-state index contributed by atoms with van der Waals surface area (Å²) in [5.41, 5.74) is 1.29. The van der Waals surface area contributed by atoms with Crippen molar-refractivity contribution in [2.24, 2.45) is 0 Å². The number of unbranched alkanes of at least 4 members (excludes halogenated alkanes) is 9. The summed E-state index contributed by atoms with van der Waals surface area (Å²) in [5.74, 6) is 4.10. The number of esters is 1. The minimum absolute atomic E-state index is 0.296. The van der Waals surface area contributed by atoms with Gasteiger partial charge in [0.25, 0.3) is 0 Å². The van der Waals surface area contributed by atoms with Crippen molar-refractivity contribution in [2.75, 3.05) is 92.5 Å². The summed E-state index contributed by atoms with van der Waals surface area (Å²) >= 11 is 0. The van der Waals surface area contributed by atoms with Gasteiger partial charge in [0.15, 0.2) is 11.5 Å². The summed E-state index contributed by atoms with van der Waals surface area (Å²) in [6.07, 6.45) is 16.9. The lowest BCUT2D eigenvalue weighted by atomic mass is 10.1. The van der Waals surface area contributed by atoms with Gasteiger partial charge in [0.05, 0.1) is 84.8 Å². The van der Waals surface area contributed by atoms with Crippen LogP contribution in [0.3, 0.4) is 0 Å². The summed E-state index contributed by atoms with van der Waals surface area (Å²) in [6.45, 7) is 6.40. The standard InChI is InChI=1S/C39H56O10/c1-2-34-13-16-36(17-14-34)46-19-11-9-7-5-3-4-6-8-10-12-20-49-39(40)35-15-18-37-38(33-35)48-32-30-45-28-26-43-24-22-41-21-23-42-25-27-44-29-31-47-37/h1,13-18,33H,3-12,19-32H2. The van der Waals surface area contributed by atoms with Crippen molar-refractivity contribution in [3.8, 4) is 29.6 Å². The molecule has 10 nitrogen and oxygen atoms in total. The Bertz CT molecular complexity index is 1160. The minimum atomic E-state index is -0.373. The first-order valence-electron chi connectivity index (χ1n) is 17.9. The van der Waals surface area contributed by atoms with Crippen molar-refractivity contribution < 1.29 is 47.4 Å². The van der Waals surface area contributed by atoms with Gasteiger partial charge in [-0.25, -0.2) is 4.79 Å². The fourth-order valence-corrected chi connectivity index (χ4v) is 4.97.